The highest BCUT2D eigenvalue weighted by atomic mass is 15.3. The Hall–Kier alpha value is -1.94. The fraction of sp³-hybridized carbons (Fsp3) is 0.412. The molecule has 4 nitrogen and oxygen atoms in total. The quantitative estimate of drug-likeness (QED) is 0.844. The Kier molecular flexibility index (Phi) is 2.93. The fourth-order valence-corrected chi connectivity index (χ4v) is 3.46. The van der Waals surface area contributed by atoms with Gasteiger partial charge < -0.3 is 9.80 Å². The summed E-state index contributed by atoms with van der Waals surface area (Å²) in [6.07, 6.45) is 0. The minimum Gasteiger partial charge on any atom is -0.353 e. The highest BCUT2D eigenvalue weighted by molar-refractivity contribution is 5.60. The monoisotopic (exact) mass is 280 g/mol. The van der Waals surface area contributed by atoms with Gasteiger partial charge in [0.05, 0.1) is 5.69 Å². The molecule has 1 aromatic carbocycles. The second-order valence-corrected chi connectivity index (χ2v) is 6.31. The van der Waals surface area contributed by atoms with Gasteiger partial charge in [0.2, 0.25) is 0 Å². The molecule has 108 valence electrons. The number of fused-ring (bicyclic) bond motifs is 1. The van der Waals surface area contributed by atoms with Crippen LogP contribution in [0.1, 0.15) is 5.56 Å². The van der Waals surface area contributed by atoms with Gasteiger partial charge in [0.25, 0.3) is 0 Å². The van der Waals surface area contributed by atoms with Crippen LogP contribution in [0.5, 0.6) is 0 Å². The lowest BCUT2D eigenvalue weighted by Gasteiger charge is -2.40. The van der Waals surface area contributed by atoms with Crippen molar-refractivity contribution >= 4 is 5.82 Å². The third-order valence-electron chi connectivity index (χ3n) is 4.82. The van der Waals surface area contributed by atoms with E-state index in [0.29, 0.717) is 6.04 Å². The highest BCUT2D eigenvalue weighted by Gasteiger charge is 2.43. The van der Waals surface area contributed by atoms with Crippen LogP contribution in [0.4, 0.5) is 5.82 Å². The summed E-state index contributed by atoms with van der Waals surface area (Å²) in [7, 11) is 2.21. The molecule has 0 aliphatic carbocycles. The molecule has 3 heterocycles. The molecule has 0 radical (unpaired) electrons. The summed E-state index contributed by atoms with van der Waals surface area (Å²) in [6.45, 7) is 5.51. The third kappa shape index (κ3) is 2.20. The smallest absolute Gasteiger partial charge is 0.151 e. The topological polar surface area (TPSA) is 32.3 Å². The van der Waals surface area contributed by atoms with Crippen LogP contribution in [0.3, 0.4) is 0 Å². The molecule has 4 heteroatoms. The minimum absolute atomic E-state index is 0.712. The first-order valence-corrected chi connectivity index (χ1v) is 7.57. The number of aromatic nitrogens is 2. The van der Waals surface area contributed by atoms with Gasteiger partial charge in [-0.25, -0.2) is 0 Å². The fourth-order valence-electron chi connectivity index (χ4n) is 3.46. The summed E-state index contributed by atoms with van der Waals surface area (Å²) in [5, 5.41) is 8.85. The number of hydrogen-bond donors (Lipinski definition) is 0. The second kappa shape index (κ2) is 4.81. The molecule has 0 N–H and O–H groups in total. The molecule has 0 bridgehead atoms. The van der Waals surface area contributed by atoms with E-state index >= 15 is 0 Å². The van der Waals surface area contributed by atoms with Gasteiger partial charge in [-0.3, -0.25) is 0 Å². The lowest BCUT2D eigenvalue weighted by molar-refractivity contribution is 0.0827. The van der Waals surface area contributed by atoms with Gasteiger partial charge in [-0.15, -0.1) is 10.2 Å². The Morgan fingerprint density at radius 1 is 0.952 bits per heavy atom. The van der Waals surface area contributed by atoms with Crippen LogP contribution in [0.2, 0.25) is 0 Å². The van der Waals surface area contributed by atoms with E-state index in [2.05, 4.69) is 70.4 Å². The van der Waals surface area contributed by atoms with Crippen molar-refractivity contribution in [2.75, 3.05) is 31.6 Å². The zero-order valence-corrected chi connectivity index (χ0v) is 12.5. The van der Waals surface area contributed by atoms with Crippen LogP contribution in [-0.2, 0) is 0 Å². The van der Waals surface area contributed by atoms with Crippen LogP contribution >= 0.6 is 0 Å². The maximum atomic E-state index is 4.44. The summed E-state index contributed by atoms with van der Waals surface area (Å²) < 4.78 is 0. The molecule has 0 saturated carbocycles. The molecule has 2 aliphatic rings. The van der Waals surface area contributed by atoms with Crippen LogP contribution < -0.4 is 4.90 Å². The largest absolute Gasteiger partial charge is 0.353 e. The zero-order chi connectivity index (χ0) is 14.4. The summed E-state index contributed by atoms with van der Waals surface area (Å²) in [5.74, 6) is 1.82. The molecular formula is C17H20N4. The predicted octanol–water partition coefficient (Wildman–Crippen LogP) is 2.20. The minimum atomic E-state index is 0.712. The first kappa shape index (κ1) is 12.8. The van der Waals surface area contributed by atoms with Crippen LogP contribution in [-0.4, -0.2) is 47.8 Å². The number of anilines is 1. The summed E-state index contributed by atoms with van der Waals surface area (Å²) in [6, 6.07) is 13.3. The third-order valence-corrected chi connectivity index (χ3v) is 4.82. The Balaban J connectivity index is 1.53. The Morgan fingerprint density at radius 3 is 2.38 bits per heavy atom. The average molecular weight is 280 g/mol. The molecule has 4 rings (SSSR count). The highest BCUT2D eigenvalue weighted by Crippen LogP contribution is 2.33. The maximum absolute atomic E-state index is 4.44. The number of likely N-dealkylation sites (tertiary alicyclic amines) is 1. The molecule has 2 aromatic rings. The normalized spacial score (nSPS) is 24.8. The van der Waals surface area contributed by atoms with Crippen LogP contribution in [0, 0.1) is 12.8 Å². The molecule has 2 atom stereocenters. The first-order chi connectivity index (χ1) is 10.2. The molecule has 2 fully saturated rings. The van der Waals surface area contributed by atoms with Crippen molar-refractivity contribution in [1.29, 1.82) is 0 Å². The lowest BCUT2D eigenvalue weighted by Crippen LogP contribution is -2.52. The van der Waals surface area contributed by atoms with Crippen LogP contribution in [0.25, 0.3) is 11.3 Å². The van der Waals surface area contributed by atoms with Gasteiger partial charge in [0, 0.05) is 37.2 Å². The molecule has 21 heavy (non-hydrogen) atoms. The van der Waals surface area contributed by atoms with Crippen molar-refractivity contribution in [3.8, 4) is 11.3 Å². The van der Waals surface area contributed by atoms with E-state index in [9.17, 15) is 0 Å². The van der Waals surface area contributed by atoms with E-state index in [-0.39, 0.29) is 0 Å². The lowest BCUT2D eigenvalue weighted by atomic mass is 9.93. The Morgan fingerprint density at radius 2 is 1.76 bits per heavy atom. The molecule has 0 amide bonds. The standard InChI is InChI=1S/C17H20N4/c1-12-3-5-13(6-4-12)15-7-8-17(19-18-15)21-10-14-9-20(2)16(14)11-21/h3-8,14,16H,9-11H2,1-2H3. The van der Waals surface area contributed by atoms with Crippen molar-refractivity contribution in [1.82, 2.24) is 15.1 Å². The number of rotatable bonds is 2. The van der Waals surface area contributed by atoms with Gasteiger partial charge in [-0.05, 0) is 26.1 Å². The zero-order valence-electron chi connectivity index (χ0n) is 12.5. The van der Waals surface area contributed by atoms with Crippen molar-refractivity contribution in [2.24, 2.45) is 5.92 Å². The summed E-state index contributed by atoms with van der Waals surface area (Å²) >= 11 is 0. The first-order valence-electron chi connectivity index (χ1n) is 7.57. The number of benzene rings is 1. The number of likely N-dealkylation sites (N-methyl/N-ethyl adjacent to an activating group) is 1. The van der Waals surface area contributed by atoms with Gasteiger partial charge in [0.15, 0.2) is 5.82 Å². The number of nitrogens with zero attached hydrogens (tertiary/aromatic N) is 4. The number of hydrogen-bond acceptors (Lipinski definition) is 4. The van der Waals surface area contributed by atoms with E-state index in [1.807, 2.05) is 0 Å². The number of aryl methyl sites for hydroxylation is 1. The SMILES string of the molecule is Cc1ccc(-c2ccc(N3CC4CN(C)C4C3)nn2)cc1. The van der Waals surface area contributed by atoms with Gasteiger partial charge >= 0.3 is 0 Å². The van der Waals surface area contributed by atoms with Crippen molar-refractivity contribution in [3.05, 3.63) is 42.0 Å². The second-order valence-electron chi connectivity index (χ2n) is 6.31. The van der Waals surface area contributed by atoms with E-state index in [1.54, 1.807) is 0 Å². The van der Waals surface area contributed by atoms with E-state index in [0.717, 1.165) is 36.1 Å². The van der Waals surface area contributed by atoms with E-state index in [4.69, 9.17) is 0 Å². The molecule has 2 saturated heterocycles. The Bertz CT molecular complexity index is 635. The summed E-state index contributed by atoms with van der Waals surface area (Å²) in [4.78, 5) is 4.80. The van der Waals surface area contributed by atoms with E-state index < -0.39 is 0 Å². The summed E-state index contributed by atoms with van der Waals surface area (Å²) in [5.41, 5.74) is 3.33. The van der Waals surface area contributed by atoms with E-state index in [1.165, 1.54) is 12.1 Å². The predicted molar refractivity (Wildman–Crippen MR) is 84.3 cm³/mol. The maximum Gasteiger partial charge on any atom is 0.151 e. The van der Waals surface area contributed by atoms with Gasteiger partial charge in [-0.2, -0.15) is 0 Å². The molecule has 2 unspecified atom stereocenters. The molecular weight excluding hydrogens is 260 g/mol. The van der Waals surface area contributed by atoms with Crippen molar-refractivity contribution in [2.45, 2.75) is 13.0 Å². The molecule has 2 aliphatic heterocycles. The van der Waals surface area contributed by atoms with Crippen molar-refractivity contribution < 1.29 is 0 Å². The van der Waals surface area contributed by atoms with Crippen molar-refractivity contribution in [3.63, 3.8) is 0 Å². The van der Waals surface area contributed by atoms with Crippen LogP contribution in [0.15, 0.2) is 36.4 Å². The van der Waals surface area contributed by atoms with Gasteiger partial charge in [-0.1, -0.05) is 29.8 Å². The molecule has 0 spiro atoms. The Labute approximate surface area is 125 Å². The van der Waals surface area contributed by atoms with Gasteiger partial charge in [0.1, 0.15) is 0 Å². The molecule has 1 aromatic heterocycles. The average Bonchev–Trinajstić information content (AvgIpc) is 2.86.